The Labute approximate surface area is 97.8 Å². The summed E-state index contributed by atoms with van der Waals surface area (Å²) in [4.78, 5) is 12.2. The van der Waals surface area contributed by atoms with Crippen LogP contribution in [0.2, 0.25) is 0 Å². The van der Waals surface area contributed by atoms with E-state index in [1.54, 1.807) is 0 Å². The van der Waals surface area contributed by atoms with Gasteiger partial charge in [-0.15, -0.1) is 0 Å². The second-order valence-electron chi connectivity index (χ2n) is 3.55. The molecule has 0 fully saturated rings. The highest BCUT2D eigenvalue weighted by atomic mass is 35.5. The van der Waals surface area contributed by atoms with Crippen LogP contribution in [-0.2, 0) is 4.79 Å². The fourth-order valence-electron chi connectivity index (χ4n) is 1.00. The normalized spacial score (nSPS) is 18.7. The van der Waals surface area contributed by atoms with Crippen molar-refractivity contribution in [2.24, 2.45) is 5.41 Å². The van der Waals surface area contributed by atoms with E-state index < -0.39 is 0 Å². The maximum absolute atomic E-state index is 11.5. The molecule has 0 saturated carbocycles. The molecular weight excluding hydrogens is 239 g/mol. The van der Waals surface area contributed by atoms with Gasteiger partial charge in [-0.25, -0.2) is 0 Å². The topological polar surface area (TPSA) is 17.1 Å². The molecule has 0 amide bonds. The summed E-state index contributed by atoms with van der Waals surface area (Å²) in [7, 11) is 0. The maximum atomic E-state index is 11.5. The van der Waals surface area contributed by atoms with Crippen LogP contribution in [0.15, 0.2) is 33.0 Å². The molecule has 0 aliphatic carbocycles. The smallest absolute Gasteiger partial charge is 0.194 e. The molecule has 1 aliphatic rings. The lowest BCUT2D eigenvalue weighted by Crippen LogP contribution is -2.09. The first-order valence-corrected chi connectivity index (χ1v) is 5.68. The first-order valence-electron chi connectivity index (χ1n) is 4.05. The monoisotopic (exact) mass is 248 g/mol. The van der Waals surface area contributed by atoms with Gasteiger partial charge < -0.3 is 0 Å². The number of ketones is 1. The van der Waals surface area contributed by atoms with Crippen molar-refractivity contribution in [1.82, 2.24) is 0 Å². The Morgan fingerprint density at radius 3 is 2.64 bits per heavy atom. The molecule has 0 unspecified atom stereocenters. The van der Waals surface area contributed by atoms with Crippen LogP contribution in [0, 0.1) is 5.41 Å². The first-order chi connectivity index (χ1) is 6.41. The average molecular weight is 249 g/mol. The van der Waals surface area contributed by atoms with Crippen molar-refractivity contribution in [2.75, 3.05) is 0 Å². The SMILES string of the molecule is CC1(C)C=CSC(C(=O)C=C(Cl)Cl)=C1. The van der Waals surface area contributed by atoms with Crippen molar-refractivity contribution in [3.8, 4) is 0 Å². The van der Waals surface area contributed by atoms with Gasteiger partial charge in [0.15, 0.2) is 5.78 Å². The molecule has 0 aromatic heterocycles. The van der Waals surface area contributed by atoms with Gasteiger partial charge in [0.2, 0.25) is 0 Å². The second kappa shape index (κ2) is 4.56. The quantitative estimate of drug-likeness (QED) is 0.687. The van der Waals surface area contributed by atoms with Crippen LogP contribution >= 0.6 is 35.0 Å². The van der Waals surface area contributed by atoms with Crippen molar-refractivity contribution in [2.45, 2.75) is 13.8 Å². The molecule has 0 saturated heterocycles. The second-order valence-corrected chi connectivity index (χ2v) is 5.50. The number of rotatable bonds is 2. The van der Waals surface area contributed by atoms with Crippen molar-refractivity contribution >= 4 is 40.7 Å². The molecule has 76 valence electrons. The molecule has 0 aromatic carbocycles. The number of hydrogen-bond donors (Lipinski definition) is 0. The Morgan fingerprint density at radius 2 is 2.14 bits per heavy atom. The zero-order valence-electron chi connectivity index (χ0n) is 7.88. The number of halogens is 2. The summed E-state index contributed by atoms with van der Waals surface area (Å²) in [6, 6.07) is 0. The van der Waals surface area contributed by atoms with Crippen LogP contribution in [0.3, 0.4) is 0 Å². The highest BCUT2D eigenvalue weighted by Crippen LogP contribution is 2.34. The molecule has 14 heavy (non-hydrogen) atoms. The molecular formula is C10H10Cl2OS. The van der Waals surface area contributed by atoms with Crippen LogP contribution < -0.4 is 0 Å². The Kier molecular flexibility index (Phi) is 3.87. The van der Waals surface area contributed by atoms with Crippen LogP contribution in [0.5, 0.6) is 0 Å². The van der Waals surface area contributed by atoms with Crippen LogP contribution in [-0.4, -0.2) is 5.78 Å². The summed E-state index contributed by atoms with van der Waals surface area (Å²) >= 11 is 12.2. The summed E-state index contributed by atoms with van der Waals surface area (Å²) in [5.41, 5.74) is -0.0805. The molecule has 4 heteroatoms. The van der Waals surface area contributed by atoms with Gasteiger partial charge in [-0.1, -0.05) is 61.0 Å². The van der Waals surface area contributed by atoms with E-state index in [-0.39, 0.29) is 15.7 Å². The lowest BCUT2D eigenvalue weighted by atomic mass is 9.92. The largest absolute Gasteiger partial charge is 0.289 e. The van der Waals surface area contributed by atoms with Gasteiger partial charge in [-0.2, -0.15) is 0 Å². The third-order valence-electron chi connectivity index (χ3n) is 1.68. The third-order valence-corrected chi connectivity index (χ3v) is 2.74. The predicted molar refractivity (Wildman–Crippen MR) is 63.4 cm³/mol. The number of hydrogen-bond acceptors (Lipinski definition) is 2. The zero-order valence-corrected chi connectivity index (χ0v) is 10.2. The molecule has 0 spiro atoms. The summed E-state index contributed by atoms with van der Waals surface area (Å²) in [5.74, 6) is -0.146. The van der Waals surface area contributed by atoms with E-state index in [4.69, 9.17) is 23.2 Å². The highest BCUT2D eigenvalue weighted by Gasteiger charge is 2.19. The van der Waals surface area contributed by atoms with Gasteiger partial charge in [0, 0.05) is 11.5 Å². The summed E-state index contributed by atoms with van der Waals surface area (Å²) in [6.07, 6.45) is 5.17. The molecule has 0 atom stereocenters. The van der Waals surface area contributed by atoms with E-state index in [0.29, 0.717) is 4.91 Å². The number of carbonyl (C=O) groups is 1. The van der Waals surface area contributed by atoms with Crippen LogP contribution in [0.1, 0.15) is 13.8 Å². The van der Waals surface area contributed by atoms with Crippen LogP contribution in [0.4, 0.5) is 0 Å². The minimum absolute atomic E-state index is 0.0103. The average Bonchev–Trinajstić information content (AvgIpc) is 2.01. The summed E-state index contributed by atoms with van der Waals surface area (Å²) in [6.45, 7) is 4.06. The van der Waals surface area contributed by atoms with Gasteiger partial charge in [0.05, 0.1) is 4.91 Å². The third kappa shape index (κ3) is 3.52. The van der Waals surface area contributed by atoms with Gasteiger partial charge in [-0.3, -0.25) is 4.79 Å². The predicted octanol–water partition coefficient (Wildman–Crippen LogP) is 4.05. The van der Waals surface area contributed by atoms with Gasteiger partial charge in [0.25, 0.3) is 0 Å². The molecule has 0 bridgehead atoms. The molecule has 0 N–H and O–H groups in total. The van der Waals surface area contributed by atoms with Crippen molar-refractivity contribution in [3.05, 3.63) is 33.0 Å². The number of thioether (sulfide) groups is 1. The summed E-state index contributed by atoms with van der Waals surface area (Å²) in [5, 5.41) is 1.91. The zero-order chi connectivity index (χ0) is 10.8. The number of carbonyl (C=O) groups excluding carboxylic acids is 1. The number of allylic oxidation sites excluding steroid dienone is 4. The van der Waals surface area contributed by atoms with Gasteiger partial charge in [0.1, 0.15) is 4.49 Å². The minimum Gasteiger partial charge on any atom is -0.289 e. The molecule has 1 nitrogen and oxygen atoms in total. The van der Waals surface area contributed by atoms with Gasteiger partial charge in [-0.05, 0) is 5.41 Å². The van der Waals surface area contributed by atoms with E-state index in [1.807, 2.05) is 31.4 Å². The van der Waals surface area contributed by atoms with Crippen molar-refractivity contribution in [3.63, 3.8) is 0 Å². The minimum atomic E-state index is -0.146. The molecule has 1 aliphatic heterocycles. The molecule has 0 aromatic rings. The maximum Gasteiger partial charge on any atom is 0.194 e. The highest BCUT2D eigenvalue weighted by molar-refractivity contribution is 8.06. The van der Waals surface area contributed by atoms with E-state index in [9.17, 15) is 4.79 Å². The first kappa shape index (κ1) is 11.9. The summed E-state index contributed by atoms with van der Waals surface area (Å²) < 4.78 is -0.0103. The van der Waals surface area contributed by atoms with Crippen LogP contribution in [0.25, 0.3) is 0 Å². The van der Waals surface area contributed by atoms with Crippen molar-refractivity contribution < 1.29 is 4.79 Å². The van der Waals surface area contributed by atoms with Crippen molar-refractivity contribution in [1.29, 1.82) is 0 Å². The van der Waals surface area contributed by atoms with E-state index in [2.05, 4.69) is 0 Å². The van der Waals surface area contributed by atoms with E-state index >= 15 is 0 Å². The standard InChI is InChI=1S/C10H10Cl2OS/c1-10(2)3-4-14-8(6-10)7(13)5-9(11)12/h3-6H,1-2H3. The fourth-order valence-corrected chi connectivity index (χ4v) is 2.31. The lowest BCUT2D eigenvalue weighted by Gasteiger charge is -2.20. The molecule has 1 rings (SSSR count). The molecule has 0 radical (unpaired) electrons. The Morgan fingerprint density at radius 1 is 1.50 bits per heavy atom. The Bertz CT molecular complexity index is 336. The lowest BCUT2D eigenvalue weighted by molar-refractivity contribution is -0.110. The Hall–Kier alpha value is -0.180. The molecule has 1 heterocycles. The van der Waals surface area contributed by atoms with E-state index in [1.165, 1.54) is 17.8 Å². The Balaban J connectivity index is 2.86. The van der Waals surface area contributed by atoms with Gasteiger partial charge >= 0.3 is 0 Å². The fraction of sp³-hybridized carbons (Fsp3) is 0.300. The van der Waals surface area contributed by atoms with E-state index in [0.717, 1.165) is 0 Å².